The molecular formula is C17H17NO3. The number of aryl methyl sites for hydroxylation is 1. The number of benzene rings is 2. The van der Waals surface area contributed by atoms with Crippen molar-refractivity contribution in [1.29, 1.82) is 0 Å². The molecule has 0 radical (unpaired) electrons. The van der Waals surface area contributed by atoms with Crippen LogP contribution in [0.1, 0.15) is 23.7 Å². The average molecular weight is 283 g/mol. The minimum absolute atomic E-state index is 0.0841. The second-order valence-electron chi connectivity index (χ2n) is 5.19. The first-order chi connectivity index (χ1) is 10.2. The third kappa shape index (κ3) is 2.50. The van der Waals surface area contributed by atoms with Gasteiger partial charge in [-0.1, -0.05) is 42.5 Å². The van der Waals surface area contributed by atoms with Gasteiger partial charge < -0.3 is 15.1 Å². The number of carbonyl (C=O) groups is 1. The SMILES string of the molecule is O=C(C(O)c1ccccc1)N1CCCc2cccc(O)c21. The van der Waals surface area contributed by atoms with Gasteiger partial charge in [0.15, 0.2) is 6.10 Å². The predicted octanol–water partition coefficient (Wildman–Crippen LogP) is 2.41. The van der Waals surface area contributed by atoms with Gasteiger partial charge in [0.2, 0.25) is 0 Å². The monoisotopic (exact) mass is 283 g/mol. The summed E-state index contributed by atoms with van der Waals surface area (Å²) in [7, 11) is 0. The fourth-order valence-corrected chi connectivity index (χ4v) is 2.78. The first-order valence-electron chi connectivity index (χ1n) is 7.03. The van der Waals surface area contributed by atoms with Crippen LogP contribution in [-0.2, 0) is 11.2 Å². The normalized spacial score (nSPS) is 15.4. The van der Waals surface area contributed by atoms with Gasteiger partial charge in [-0.05, 0) is 30.0 Å². The second kappa shape index (κ2) is 5.58. The molecule has 0 saturated carbocycles. The maximum absolute atomic E-state index is 12.6. The number of aromatic hydroxyl groups is 1. The Bertz CT molecular complexity index is 654. The average Bonchev–Trinajstić information content (AvgIpc) is 2.54. The Balaban J connectivity index is 1.94. The van der Waals surface area contributed by atoms with E-state index in [2.05, 4.69) is 0 Å². The van der Waals surface area contributed by atoms with Gasteiger partial charge in [-0.2, -0.15) is 0 Å². The largest absolute Gasteiger partial charge is 0.506 e. The molecule has 0 saturated heterocycles. The van der Waals surface area contributed by atoms with Crippen molar-refractivity contribution >= 4 is 11.6 Å². The zero-order valence-electron chi connectivity index (χ0n) is 11.6. The van der Waals surface area contributed by atoms with Gasteiger partial charge in [0.25, 0.3) is 5.91 Å². The summed E-state index contributed by atoms with van der Waals surface area (Å²) in [5.41, 5.74) is 2.03. The second-order valence-corrected chi connectivity index (χ2v) is 5.19. The van der Waals surface area contributed by atoms with E-state index >= 15 is 0 Å². The number of hydrogen-bond donors (Lipinski definition) is 2. The molecule has 4 heteroatoms. The lowest BCUT2D eigenvalue weighted by atomic mass is 9.99. The van der Waals surface area contributed by atoms with Gasteiger partial charge >= 0.3 is 0 Å². The number of phenols is 1. The number of phenolic OH excluding ortho intramolecular Hbond substituents is 1. The van der Waals surface area contributed by atoms with Crippen LogP contribution in [0.3, 0.4) is 0 Å². The molecule has 4 nitrogen and oxygen atoms in total. The molecule has 1 unspecified atom stereocenters. The Morgan fingerprint density at radius 2 is 1.86 bits per heavy atom. The summed E-state index contributed by atoms with van der Waals surface area (Å²) in [6.07, 6.45) is 0.440. The van der Waals surface area contributed by atoms with Crippen LogP contribution in [0.5, 0.6) is 5.75 Å². The molecule has 2 N–H and O–H groups in total. The van der Waals surface area contributed by atoms with Crippen LogP contribution in [0.2, 0.25) is 0 Å². The zero-order chi connectivity index (χ0) is 14.8. The molecule has 1 atom stereocenters. The van der Waals surface area contributed by atoms with E-state index < -0.39 is 12.0 Å². The van der Waals surface area contributed by atoms with E-state index in [1.54, 1.807) is 36.4 Å². The van der Waals surface area contributed by atoms with Crippen molar-refractivity contribution in [2.45, 2.75) is 18.9 Å². The lowest BCUT2D eigenvalue weighted by Crippen LogP contribution is -2.38. The van der Waals surface area contributed by atoms with Gasteiger partial charge in [-0.15, -0.1) is 0 Å². The summed E-state index contributed by atoms with van der Waals surface area (Å²) < 4.78 is 0. The molecule has 0 aromatic heterocycles. The summed E-state index contributed by atoms with van der Waals surface area (Å²) in [5.74, 6) is -0.315. The summed E-state index contributed by atoms with van der Waals surface area (Å²) in [4.78, 5) is 14.1. The van der Waals surface area contributed by atoms with Crippen molar-refractivity contribution in [2.24, 2.45) is 0 Å². The van der Waals surface area contributed by atoms with Crippen LogP contribution in [-0.4, -0.2) is 22.7 Å². The number of rotatable bonds is 2. The maximum atomic E-state index is 12.6. The molecule has 0 bridgehead atoms. The summed E-state index contributed by atoms with van der Waals surface area (Å²) in [6, 6.07) is 14.1. The number of amides is 1. The highest BCUT2D eigenvalue weighted by molar-refractivity contribution is 5.99. The van der Waals surface area contributed by atoms with Crippen molar-refractivity contribution in [3.05, 3.63) is 59.7 Å². The Hall–Kier alpha value is -2.33. The fraction of sp³-hybridized carbons (Fsp3) is 0.235. The quantitative estimate of drug-likeness (QED) is 0.889. The molecule has 2 aromatic carbocycles. The molecule has 2 aromatic rings. The first-order valence-corrected chi connectivity index (χ1v) is 7.03. The van der Waals surface area contributed by atoms with E-state index in [-0.39, 0.29) is 5.75 Å². The van der Waals surface area contributed by atoms with E-state index in [0.29, 0.717) is 17.8 Å². The summed E-state index contributed by atoms with van der Waals surface area (Å²) in [6.45, 7) is 0.507. The minimum atomic E-state index is -1.21. The van der Waals surface area contributed by atoms with Gasteiger partial charge in [-0.3, -0.25) is 4.79 Å². The lowest BCUT2D eigenvalue weighted by Gasteiger charge is -2.31. The fourth-order valence-electron chi connectivity index (χ4n) is 2.78. The molecule has 21 heavy (non-hydrogen) atoms. The van der Waals surface area contributed by atoms with E-state index in [1.807, 2.05) is 12.1 Å². The van der Waals surface area contributed by atoms with Crippen LogP contribution in [0.15, 0.2) is 48.5 Å². The molecule has 1 aliphatic rings. The highest BCUT2D eigenvalue weighted by atomic mass is 16.3. The molecule has 108 valence electrons. The van der Waals surface area contributed by atoms with Crippen molar-refractivity contribution in [2.75, 3.05) is 11.4 Å². The molecular weight excluding hydrogens is 266 g/mol. The van der Waals surface area contributed by atoms with Gasteiger partial charge in [0.1, 0.15) is 5.75 Å². The standard InChI is InChI=1S/C17H17NO3/c19-14-10-4-8-12-9-5-11-18(15(12)14)17(21)16(20)13-6-2-1-3-7-13/h1-4,6-8,10,16,19-20H,5,9,11H2. The first kappa shape index (κ1) is 13.6. The molecule has 0 spiro atoms. The molecule has 0 aliphatic carbocycles. The number of aliphatic hydroxyl groups excluding tert-OH is 1. The topological polar surface area (TPSA) is 60.8 Å². The molecule has 1 amide bonds. The van der Waals surface area contributed by atoms with Crippen molar-refractivity contribution in [3.8, 4) is 5.75 Å². The molecule has 1 heterocycles. The zero-order valence-corrected chi connectivity index (χ0v) is 11.6. The molecule has 0 fully saturated rings. The lowest BCUT2D eigenvalue weighted by molar-refractivity contribution is -0.127. The number of carbonyl (C=O) groups excluding carboxylic acids is 1. The minimum Gasteiger partial charge on any atom is -0.506 e. The van der Waals surface area contributed by atoms with Gasteiger partial charge in [-0.25, -0.2) is 0 Å². The van der Waals surface area contributed by atoms with Gasteiger partial charge in [0, 0.05) is 6.54 Å². The van der Waals surface area contributed by atoms with Crippen LogP contribution >= 0.6 is 0 Å². The molecule has 3 rings (SSSR count). The smallest absolute Gasteiger partial charge is 0.260 e. The third-order valence-corrected chi connectivity index (χ3v) is 3.81. The maximum Gasteiger partial charge on any atom is 0.260 e. The van der Waals surface area contributed by atoms with Crippen LogP contribution in [0, 0.1) is 0 Å². The summed E-state index contributed by atoms with van der Waals surface area (Å²) >= 11 is 0. The highest BCUT2D eigenvalue weighted by Crippen LogP contribution is 2.36. The van der Waals surface area contributed by atoms with Gasteiger partial charge in [0.05, 0.1) is 5.69 Å². The van der Waals surface area contributed by atoms with Crippen LogP contribution < -0.4 is 4.90 Å². The highest BCUT2D eigenvalue weighted by Gasteiger charge is 2.30. The summed E-state index contributed by atoms with van der Waals surface area (Å²) in [5, 5.41) is 20.3. The van der Waals surface area contributed by atoms with E-state index in [9.17, 15) is 15.0 Å². The van der Waals surface area contributed by atoms with E-state index in [1.165, 1.54) is 4.90 Å². The van der Waals surface area contributed by atoms with Crippen LogP contribution in [0.4, 0.5) is 5.69 Å². The number of nitrogens with zero attached hydrogens (tertiary/aromatic N) is 1. The molecule has 1 aliphatic heterocycles. The third-order valence-electron chi connectivity index (χ3n) is 3.81. The van der Waals surface area contributed by atoms with Crippen molar-refractivity contribution < 1.29 is 15.0 Å². The number of hydrogen-bond acceptors (Lipinski definition) is 3. The van der Waals surface area contributed by atoms with E-state index in [4.69, 9.17) is 0 Å². The van der Waals surface area contributed by atoms with E-state index in [0.717, 1.165) is 18.4 Å². The predicted molar refractivity (Wildman–Crippen MR) is 80.2 cm³/mol. The van der Waals surface area contributed by atoms with Crippen molar-refractivity contribution in [1.82, 2.24) is 0 Å². The number of para-hydroxylation sites is 1. The Morgan fingerprint density at radius 3 is 2.62 bits per heavy atom. The van der Waals surface area contributed by atoms with Crippen LogP contribution in [0.25, 0.3) is 0 Å². The Morgan fingerprint density at radius 1 is 1.10 bits per heavy atom. The number of anilines is 1. The van der Waals surface area contributed by atoms with Crippen molar-refractivity contribution in [3.63, 3.8) is 0 Å². The number of aliphatic hydroxyl groups is 1. The Labute approximate surface area is 123 Å². The Kier molecular flexibility index (Phi) is 3.62. The number of fused-ring (bicyclic) bond motifs is 1.